The van der Waals surface area contributed by atoms with Crippen LogP contribution in [0.5, 0.6) is 0 Å². The molecule has 1 aromatic rings. The lowest BCUT2D eigenvalue weighted by molar-refractivity contribution is -0.141. The van der Waals surface area contributed by atoms with Gasteiger partial charge in [0, 0.05) is 44.5 Å². The lowest BCUT2D eigenvalue weighted by Crippen LogP contribution is -2.51. The largest absolute Gasteiger partial charge is 0.434 e. The summed E-state index contributed by atoms with van der Waals surface area (Å²) in [6, 6.07) is 2.37. The zero-order valence-corrected chi connectivity index (χ0v) is 18.4. The summed E-state index contributed by atoms with van der Waals surface area (Å²) in [6.07, 6.45) is 1.08. The number of aromatic nitrogens is 1. The molecule has 1 saturated heterocycles. The number of pyridine rings is 1. The normalized spacial score (nSPS) is 16.7. The van der Waals surface area contributed by atoms with Crippen LogP contribution in [0.4, 0.5) is 13.2 Å². The molecule has 2 amide bonds. The van der Waals surface area contributed by atoms with Crippen LogP contribution in [0.3, 0.4) is 0 Å². The first-order chi connectivity index (χ1) is 15.0. The predicted molar refractivity (Wildman–Crippen MR) is 113 cm³/mol. The van der Waals surface area contributed by atoms with Gasteiger partial charge in [0.25, 0.3) is 11.8 Å². The maximum atomic E-state index is 13.2. The molecule has 0 saturated carbocycles. The van der Waals surface area contributed by atoms with Gasteiger partial charge in [-0.2, -0.15) is 13.2 Å². The van der Waals surface area contributed by atoms with Crippen molar-refractivity contribution in [3.63, 3.8) is 0 Å². The number of alkyl halides is 3. The molecule has 0 bridgehead atoms. The number of carbonyl (C=O) groups is 2. The number of nitrogens with zero attached hydrogens (tertiary/aromatic N) is 3. The highest BCUT2D eigenvalue weighted by Gasteiger charge is 2.38. The third-order valence-corrected chi connectivity index (χ3v) is 4.96. The molecular formula is C20H25F3N4O4S. The van der Waals surface area contributed by atoms with Gasteiger partial charge in [0.05, 0.1) is 5.56 Å². The van der Waals surface area contributed by atoms with Gasteiger partial charge in [-0.3, -0.25) is 19.1 Å². The standard InChI is InChI=1S/C20H25F3N4O4S/c1-14(2)13-15(5-3-8-25-32(30)31)18(28)26-9-11-27(12-10-26)19(29)16-6-4-7-24-17(16)20(21,22)23/h3-7,13-14,25H,8-12H2,1-2H3,(H,30,31)/b5-3-,15-13+. The van der Waals surface area contributed by atoms with Gasteiger partial charge >= 0.3 is 6.18 Å². The first-order valence-electron chi connectivity index (χ1n) is 9.84. The van der Waals surface area contributed by atoms with Crippen molar-refractivity contribution >= 4 is 23.1 Å². The summed E-state index contributed by atoms with van der Waals surface area (Å²) in [5.41, 5.74) is -1.36. The summed E-state index contributed by atoms with van der Waals surface area (Å²) >= 11 is -2.17. The summed E-state index contributed by atoms with van der Waals surface area (Å²) in [5, 5.41) is 0. The molecule has 1 aliphatic heterocycles. The maximum absolute atomic E-state index is 13.2. The van der Waals surface area contributed by atoms with Crippen molar-refractivity contribution in [2.24, 2.45) is 5.92 Å². The average Bonchev–Trinajstić information content (AvgIpc) is 2.74. The van der Waals surface area contributed by atoms with Crippen LogP contribution in [0.1, 0.15) is 29.9 Å². The van der Waals surface area contributed by atoms with Gasteiger partial charge in [-0.25, -0.2) is 8.93 Å². The lowest BCUT2D eigenvalue weighted by Gasteiger charge is -2.35. The topological polar surface area (TPSA) is 103 Å². The van der Waals surface area contributed by atoms with E-state index in [4.69, 9.17) is 4.55 Å². The summed E-state index contributed by atoms with van der Waals surface area (Å²) in [7, 11) is 0. The average molecular weight is 475 g/mol. The summed E-state index contributed by atoms with van der Waals surface area (Å²) in [5.74, 6) is -1.00. The third kappa shape index (κ3) is 7.24. The number of nitrogens with one attached hydrogen (secondary N) is 1. The number of halogens is 3. The number of piperazine rings is 1. The van der Waals surface area contributed by atoms with E-state index in [1.165, 1.54) is 15.9 Å². The number of hydrogen-bond donors (Lipinski definition) is 2. The van der Waals surface area contributed by atoms with Crippen LogP contribution in [-0.4, -0.2) is 68.1 Å². The van der Waals surface area contributed by atoms with Crippen molar-refractivity contribution in [2.45, 2.75) is 20.0 Å². The fourth-order valence-corrected chi connectivity index (χ4v) is 3.37. The molecule has 1 fully saturated rings. The molecule has 0 aliphatic carbocycles. The van der Waals surface area contributed by atoms with Crippen molar-refractivity contribution in [2.75, 3.05) is 32.7 Å². The van der Waals surface area contributed by atoms with Gasteiger partial charge in [-0.05, 0) is 18.1 Å². The van der Waals surface area contributed by atoms with E-state index in [-0.39, 0.29) is 44.5 Å². The Hall–Kier alpha value is -2.57. The molecule has 0 radical (unpaired) electrons. The fourth-order valence-electron chi connectivity index (χ4n) is 3.13. The number of hydrogen-bond acceptors (Lipinski definition) is 4. The summed E-state index contributed by atoms with van der Waals surface area (Å²) in [4.78, 5) is 31.7. The first-order valence-corrected chi connectivity index (χ1v) is 10.9. The Morgan fingerprint density at radius 2 is 1.88 bits per heavy atom. The Morgan fingerprint density at radius 3 is 2.44 bits per heavy atom. The number of carbonyl (C=O) groups excluding carboxylic acids is 2. The van der Waals surface area contributed by atoms with E-state index in [1.54, 1.807) is 18.2 Å². The zero-order chi connectivity index (χ0) is 23.9. The Bertz CT molecular complexity index is 910. The molecule has 2 rings (SSSR count). The second kappa shape index (κ2) is 11.3. The number of amides is 2. The van der Waals surface area contributed by atoms with E-state index in [1.807, 2.05) is 13.8 Å². The zero-order valence-electron chi connectivity index (χ0n) is 17.6. The van der Waals surface area contributed by atoms with E-state index in [9.17, 15) is 27.0 Å². The molecule has 0 aromatic carbocycles. The molecule has 176 valence electrons. The molecule has 1 unspecified atom stereocenters. The SMILES string of the molecule is CC(C)/C=C(\C=C/CNS(=O)O)C(=O)N1CCN(C(=O)c2cccnc2C(F)(F)F)CC1. The number of rotatable bonds is 7. The molecule has 1 aromatic heterocycles. The Morgan fingerprint density at radius 1 is 1.25 bits per heavy atom. The Labute approximate surface area is 186 Å². The minimum absolute atomic E-state index is 0.0627. The van der Waals surface area contributed by atoms with Gasteiger partial charge in [0.15, 0.2) is 5.69 Å². The van der Waals surface area contributed by atoms with Crippen molar-refractivity contribution in [1.29, 1.82) is 0 Å². The highest BCUT2D eigenvalue weighted by Crippen LogP contribution is 2.30. The quantitative estimate of drug-likeness (QED) is 0.359. The van der Waals surface area contributed by atoms with Crippen LogP contribution in [0.15, 0.2) is 42.1 Å². The van der Waals surface area contributed by atoms with Gasteiger partial charge in [0.1, 0.15) is 0 Å². The monoisotopic (exact) mass is 474 g/mol. The highest BCUT2D eigenvalue weighted by atomic mass is 32.2. The molecule has 0 spiro atoms. The Kier molecular flexibility index (Phi) is 9.10. The number of allylic oxidation sites excluding steroid dienone is 1. The lowest BCUT2D eigenvalue weighted by atomic mass is 10.1. The van der Waals surface area contributed by atoms with Crippen molar-refractivity contribution in [3.05, 3.63) is 53.4 Å². The molecule has 1 aliphatic rings. The predicted octanol–water partition coefficient (Wildman–Crippen LogP) is 2.25. The van der Waals surface area contributed by atoms with Crippen molar-refractivity contribution in [1.82, 2.24) is 19.5 Å². The fraction of sp³-hybridized carbons (Fsp3) is 0.450. The Balaban J connectivity index is 2.07. The van der Waals surface area contributed by atoms with Crippen LogP contribution in [0, 0.1) is 5.92 Å². The molecule has 8 nitrogen and oxygen atoms in total. The van der Waals surface area contributed by atoms with E-state index < -0.39 is 34.6 Å². The maximum Gasteiger partial charge on any atom is 0.434 e. The molecular weight excluding hydrogens is 449 g/mol. The van der Waals surface area contributed by atoms with Gasteiger partial charge in [-0.15, -0.1) is 0 Å². The second-order valence-corrected chi connectivity index (χ2v) is 8.13. The van der Waals surface area contributed by atoms with Crippen molar-refractivity contribution in [3.8, 4) is 0 Å². The van der Waals surface area contributed by atoms with Crippen LogP contribution in [-0.2, 0) is 22.2 Å². The summed E-state index contributed by atoms with van der Waals surface area (Å²) < 4.78 is 61.2. The van der Waals surface area contributed by atoms with E-state index >= 15 is 0 Å². The van der Waals surface area contributed by atoms with Crippen LogP contribution in [0.25, 0.3) is 0 Å². The molecule has 32 heavy (non-hydrogen) atoms. The minimum Gasteiger partial charge on any atom is -0.335 e. The molecule has 1 atom stereocenters. The summed E-state index contributed by atoms with van der Waals surface area (Å²) in [6.45, 7) is 4.36. The molecule has 2 heterocycles. The van der Waals surface area contributed by atoms with Crippen molar-refractivity contribution < 1.29 is 31.5 Å². The minimum atomic E-state index is -4.75. The molecule has 2 N–H and O–H groups in total. The van der Waals surface area contributed by atoms with E-state index in [0.29, 0.717) is 5.57 Å². The van der Waals surface area contributed by atoms with Gasteiger partial charge in [-0.1, -0.05) is 32.1 Å². The smallest absolute Gasteiger partial charge is 0.335 e. The molecule has 12 heteroatoms. The van der Waals surface area contributed by atoms with Crippen LogP contribution in [0.2, 0.25) is 0 Å². The second-order valence-electron chi connectivity index (χ2n) is 7.35. The van der Waals surface area contributed by atoms with E-state index in [0.717, 1.165) is 12.3 Å². The van der Waals surface area contributed by atoms with Crippen LogP contribution >= 0.6 is 0 Å². The van der Waals surface area contributed by atoms with Crippen LogP contribution < -0.4 is 4.72 Å². The highest BCUT2D eigenvalue weighted by molar-refractivity contribution is 7.77. The van der Waals surface area contributed by atoms with Gasteiger partial charge in [0.2, 0.25) is 11.3 Å². The first kappa shape index (κ1) is 25.7. The third-order valence-electron chi connectivity index (χ3n) is 4.54. The van der Waals surface area contributed by atoms with Gasteiger partial charge < -0.3 is 9.80 Å². The van der Waals surface area contributed by atoms with E-state index in [2.05, 4.69) is 9.71 Å².